The zero-order chi connectivity index (χ0) is 14.5. The molecule has 0 aliphatic carbocycles. The molecule has 1 fully saturated rings. The van der Waals surface area contributed by atoms with Gasteiger partial charge in [0.05, 0.1) is 25.7 Å². The van der Waals surface area contributed by atoms with Crippen LogP contribution in [0.4, 0.5) is 4.79 Å². The highest BCUT2D eigenvalue weighted by atomic mass is 16.5. The number of morpholine rings is 1. The molecular weight excluding hydrogens is 266 g/mol. The van der Waals surface area contributed by atoms with E-state index in [9.17, 15) is 9.59 Å². The number of ether oxygens (including phenoxy) is 1. The second-order valence-electron chi connectivity index (χ2n) is 4.62. The summed E-state index contributed by atoms with van der Waals surface area (Å²) in [5.41, 5.74) is 0.645. The first-order chi connectivity index (χ1) is 9.54. The van der Waals surface area contributed by atoms with Gasteiger partial charge in [-0.25, -0.2) is 4.79 Å². The quantitative estimate of drug-likeness (QED) is 0.827. The van der Waals surface area contributed by atoms with Crippen molar-refractivity contribution in [1.82, 2.24) is 15.4 Å². The molecular formula is C12H17N3O5. The monoisotopic (exact) mass is 283 g/mol. The van der Waals surface area contributed by atoms with Crippen LogP contribution in [0.5, 0.6) is 0 Å². The minimum Gasteiger partial charge on any atom is -0.481 e. The fourth-order valence-corrected chi connectivity index (χ4v) is 2.00. The normalized spacial score (nSPS) is 18.9. The van der Waals surface area contributed by atoms with Gasteiger partial charge in [0.15, 0.2) is 0 Å². The van der Waals surface area contributed by atoms with E-state index in [0.29, 0.717) is 24.6 Å². The number of hydrogen-bond donors (Lipinski definition) is 2. The largest absolute Gasteiger partial charge is 0.481 e. The van der Waals surface area contributed by atoms with Crippen molar-refractivity contribution in [2.45, 2.75) is 26.0 Å². The number of aliphatic carboxylic acids is 1. The number of carboxylic acid groups (broad SMARTS) is 1. The van der Waals surface area contributed by atoms with Gasteiger partial charge in [-0.15, -0.1) is 0 Å². The molecule has 0 aromatic carbocycles. The molecule has 8 heteroatoms. The second-order valence-corrected chi connectivity index (χ2v) is 4.62. The minimum absolute atomic E-state index is 0.105. The molecule has 110 valence electrons. The number of aromatic nitrogens is 1. The van der Waals surface area contributed by atoms with Gasteiger partial charge in [0.1, 0.15) is 11.5 Å². The van der Waals surface area contributed by atoms with Crippen LogP contribution in [0.15, 0.2) is 10.6 Å². The highest BCUT2D eigenvalue weighted by molar-refractivity contribution is 5.74. The van der Waals surface area contributed by atoms with Gasteiger partial charge >= 0.3 is 12.0 Å². The highest BCUT2D eigenvalue weighted by Crippen LogP contribution is 2.09. The van der Waals surface area contributed by atoms with Crippen LogP contribution in [0.25, 0.3) is 0 Å². The molecule has 20 heavy (non-hydrogen) atoms. The number of hydrogen-bond acceptors (Lipinski definition) is 5. The Labute approximate surface area is 115 Å². The smallest absolute Gasteiger partial charge is 0.317 e. The molecule has 0 radical (unpaired) electrons. The summed E-state index contributed by atoms with van der Waals surface area (Å²) in [6, 6.07) is 1.48. The summed E-state index contributed by atoms with van der Waals surface area (Å²) in [6.07, 6.45) is -0.562. The Hall–Kier alpha value is -2.09. The van der Waals surface area contributed by atoms with Crippen molar-refractivity contribution in [1.29, 1.82) is 0 Å². The number of aryl methyl sites for hydroxylation is 1. The van der Waals surface area contributed by atoms with E-state index in [0.717, 1.165) is 0 Å². The Bertz CT molecular complexity index is 487. The van der Waals surface area contributed by atoms with Crippen LogP contribution in [0.1, 0.15) is 17.9 Å². The first-order valence-electron chi connectivity index (χ1n) is 6.33. The van der Waals surface area contributed by atoms with Crippen molar-refractivity contribution in [3.63, 3.8) is 0 Å². The van der Waals surface area contributed by atoms with Gasteiger partial charge in [-0.3, -0.25) is 4.79 Å². The van der Waals surface area contributed by atoms with E-state index in [-0.39, 0.29) is 25.5 Å². The van der Waals surface area contributed by atoms with Gasteiger partial charge < -0.3 is 24.6 Å². The van der Waals surface area contributed by atoms with E-state index in [4.69, 9.17) is 14.4 Å². The summed E-state index contributed by atoms with van der Waals surface area (Å²) in [5.74, 6) is -0.252. The van der Waals surface area contributed by atoms with Gasteiger partial charge in [-0.05, 0) is 6.92 Å². The van der Waals surface area contributed by atoms with Gasteiger partial charge in [0, 0.05) is 19.2 Å². The lowest BCUT2D eigenvalue weighted by atomic mass is 10.2. The van der Waals surface area contributed by atoms with Crippen molar-refractivity contribution < 1.29 is 24.0 Å². The number of nitrogens with zero attached hydrogens (tertiary/aromatic N) is 2. The molecule has 1 aliphatic rings. The summed E-state index contributed by atoms with van der Waals surface area (Å²) >= 11 is 0. The number of carboxylic acids is 1. The lowest BCUT2D eigenvalue weighted by Crippen LogP contribution is -2.49. The maximum absolute atomic E-state index is 12.0. The molecule has 0 saturated carbocycles. The van der Waals surface area contributed by atoms with Gasteiger partial charge in [0.2, 0.25) is 0 Å². The number of carbonyl (C=O) groups excluding carboxylic acids is 1. The lowest BCUT2D eigenvalue weighted by Gasteiger charge is -2.32. The van der Waals surface area contributed by atoms with Crippen LogP contribution >= 0.6 is 0 Å². The van der Waals surface area contributed by atoms with Crippen molar-refractivity contribution in [3.8, 4) is 0 Å². The molecule has 1 unspecified atom stereocenters. The first-order valence-corrected chi connectivity index (χ1v) is 6.33. The highest BCUT2D eigenvalue weighted by Gasteiger charge is 2.25. The molecule has 0 spiro atoms. The van der Waals surface area contributed by atoms with Gasteiger partial charge in [-0.1, -0.05) is 5.16 Å². The molecule has 1 atom stereocenters. The maximum Gasteiger partial charge on any atom is 0.317 e. The molecule has 2 rings (SSSR count). The summed E-state index contributed by atoms with van der Waals surface area (Å²) in [4.78, 5) is 24.1. The Balaban J connectivity index is 1.81. The second kappa shape index (κ2) is 6.38. The number of rotatable bonds is 4. The van der Waals surface area contributed by atoms with Crippen LogP contribution < -0.4 is 5.32 Å². The van der Waals surface area contributed by atoms with E-state index >= 15 is 0 Å². The molecule has 2 amide bonds. The maximum atomic E-state index is 12.0. The van der Waals surface area contributed by atoms with Crippen LogP contribution in [-0.2, 0) is 16.1 Å². The molecule has 1 aromatic rings. The Morgan fingerprint density at radius 2 is 2.40 bits per heavy atom. The SMILES string of the molecule is Cc1cc(CNC(=O)N2CCOC(CC(=O)O)C2)no1. The number of carbonyl (C=O) groups is 2. The summed E-state index contributed by atoms with van der Waals surface area (Å²) < 4.78 is 10.2. The number of urea groups is 1. The van der Waals surface area contributed by atoms with Crippen molar-refractivity contribution >= 4 is 12.0 Å². The van der Waals surface area contributed by atoms with E-state index < -0.39 is 12.1 Å². The molecule has 2 N–H and O–H groups in total. The molecule has 0 bridgehead atoms. The Morgan fingerprint density at radius 1 is 1.60 bits per heavy atom. The summed E-state index contributed by atoms with van der Waals surface area (Å²) in [7, 11) is 0. The van der Waals surface area contributed by atoms with Crippen LogP contribution in [0, 0.1) is 6.92 Å². The molecule has 1 aromatic heterocycles. The Kier molecular flexibility index (Phi) is 4.57. The topological polar surface area (TPSA) is 105 Å². The van der Waals surface area contributed by atoms with Crippen molar-refractivity contribution in [2.75, 3.05) is 19.7 Å². The van der Waals surface area contributed by atoms with E-state index in [2.05, 4.69) is 10.5 Å². The standard InChI is InChI=1S/C12H17N3O5/c1-8-4-9(14-20-8)6-13-12(18)15-2-3-19-10(7-15)5-11(16)17/h4,10H,2-3,5-7H2,1H3,(H,13,18)(H,16,17). The van der Waals surface area contributed by atoms with E-state index in [1.54, 1.807) is 17.9 Å². The van der Waals surface area contributed by atoms with Crippen molar-refractivity contribution in [3.05, 3.63) is 17.5 Å². The summed E-state index contributed by atoms with van der Waals surface area (Å²) in [6.45, 7) is 3.11. The van der Waals surface area contributed by atoms with Crippen LogP contribution in [0.2, 0.25) is 0 Å². The number of nitrogens with one attached hydrogen (secondary N) is 1. The summed E-state index contributed by atoms with van der Waals surface area (Å²) in [5, 5.41) is 15.2. The van der Waals surface area contributed by atoms with Crippen molar-refractivity contribution in [2.24, 2.45) is 0 Å². The average Bonchev–Trinajstić information content (AvgIpc) is 2.81. The zero-order valence-corrected chi connectivity index (χ0v) is 11.2. The molecule has 8 nitrogen and oxygen atoms in total. The van der Waals surface area contributed by atoms with E-state index in [1.807, 2.05) is 0 Å². The third-order valence-electron chi connectivity index (χ3n) is 2.93. The average molecular weight is 283 g/mol. The predicted molar refractivity (Wildman–Crippen MR) is 67.0 cm³/mol. The molecule has 1 saturated heterocycles. The molecule has 1 aliphatic heterocycles. The van der Waals surface area contributed by atoms with E-state index in [1.165, 1.54) is 0 Å². The third-order valence-corrected chi connectivity index (χ3v) is 2.93. The zero-order valence-electron chi connectivity index (χ0n) is 11.2. The van der Waals surface area contributed by atoms with Crippen LogP contribution in [-0.4, -0.2) is 53.0 Å². The molecule has 2 heterocycles. The number of amides is 2. The van der Waals surface area contributed by atoms with Gasteiger partial charge in [0.25, 0.3) is 0 Å². The lowest BCUT2D eigenvalue weighted by molar-refractivity contribution is -0.141. The Morgan fingerprint density at radius 3 is 3.05 bits per heavy atom. The van der Waals surface area contributed by atoms with Crippen LogP contribution in [0.3, 0.4) is 0 Å². The fraction of sp³-hybridized carbons (Fsp3) is 0.583. The van der Waals surface area contributed by atoms with Gasteiger partial charge in [-0.2, -0.15) is 0 Å². The predicted octanol–water partition coefficient (Wildman–Crippen LogP) is 0.368. The first kappa shape index (κ1) is 14.3. The fourth-order valence-electron chi connectivity index (χ4n) is 2.00. The third kappa shape index (κ3) is 3.95. The minimum atomic E-state index is -0.935.